The summed E-state index contributed by atoms with van der Waals surface area (Å²) in [5.74, 6) is 1.34. The summed E-state index contributed by atoms with van der Waals surface area (Å²) in [6.07, 6.45) is 4.39. The SMILES string of the molecule is O=C1CCc2ccccc2N1CCCN1CCN(c2ccccn2)CC1. The molecule has 0 saturated carbocycles. The molecule has 26 heavy (non-hydrogen) atoms. The lowest BCUT2D eigenvalue weighted by molar-refractivity contribution is -0.118. The summed E-state index contributed by atoms with van der Waals surface area (Å²) in [5, 5.41) is 0. The Morgan fingerprint density at radius 3 is 2.50 bits per heavy atom. The zero-order chi connectivity index (χ0) is 17.8. The Morgan fingerprint density at radius 1 is 0.885 bits per heavy atom. The van der Waals surface area contributed by atoms with E-state index in [2.05, 4.69) is 39.0 Å². The smallest absolute Gasteiger partial charge is 0.227 e. The summed E-state index contributed by atoms with van der Waals surface area (Å²) in [6, 6.07) is 14.4. The maximum Gasteiger partial charge on any atom is 0.227 e. The van der Waals surface area contributed by atoms with Crippen LogP contribution in [-0.2, 0) is 11.2 Å². The van der Waals surface area contributed by atoms with Crippen molar-refractivity contribution in [2.24, 2.45) is 0 Å². The first-order chi connectivity index (χ1) is 12.8. The fraction of sp³-hybridized carbons (Fsp3) is 0.429. The molecule has 0 atom stereocenters. The van der Waals surface area contributed by atoms with Crippen LogP contribution in [0.15, 0.2) is 48.7 Å². The zero-order valence-electron chi connectivity index (χ0n) is 15.2. The van der Waals surface area contributed by atoms with E-state index in [4.69, 9.17) is 0 Å². The van der Waals surface area contributed by atoms with E-state index in [0.717, 1.165) is 63.6 Å². The van der Waals surface area contributed by atoms with Gasteiger partial charge in [-0.05, 0) is 43.1 Å². The highest BCUT2D eigenvalue weighted by Gasteiger charge is 2.24. The first-order valence-corrected chi connectivity index (χ1v) is 9.58. The number of carbonyl (C=O) groups excluding carboxylic acids is 1. The van der Waals surface area contributed by atoms with Crippen molar-refractivity contribution in [2.45, 2.75) is 19.3 Å². The van der Waals surface area contributed by atoms with Gasteiger partial charge in [-0.2, -0.15) is 0 Å². The van der Waals surface area contributed by atoms with Gasteiger partial charge in [-0.15, -0.1) is 0 Å². The summed E-state index contributed by atoms with van der Waals surface area (Å²) in [5.41, 5.74) is 2.42. The van der Waals surface area contributed by atoms with E-state index in [9.17, 15) is 4.79 Å². The molecule has 3 heterocycles. The van der Waals surface area contributed by atoms with Gasteiger partial charge in [0, 0.05) is 51.0 Å². The minimum atomic E-state index is 0.267. The molecule has 1 saturated heterocycles. The average Bonchev–Trinajstić information content (AvgIpc) is 2.71. The topological polar surface area (TPSA) is 39.7 Å². The molecule has 2 aliphatic rings. The number of hydrogen-bond donors (Lipinski definition) is 0. The Bertz CT molecular complexity index is 741. The van der Waals surface area contributed by atoms with Gasteiger partial charge in [0.25, 0.3) is 0 Å². The van der Waals surface area contributed by atoms with E-state index in [1.54, 1.807) is 0 Å². The summed E-state index contributed by atoms with van der Waals surface area (Å²) < 4.78 is 0. The number of rotatable bonds is 5. The van der Waals surface area contributed by atoms with Crippen molar-refractivity contribution in [3.8, 4) is 0 Å². The minimum Gasteiger partial charge on any atom is -0.354 e. The molecule has 1 aromatic heterocycles. The van der Waals surface area contributed by atoms with E-state index in [1.165, 1.54) is 5.56 Å². The largest absolute Gasteiger partial charge is 0.354 e. The van der Waals surface area contributed by atoms with Gasteiger partial charge in [0.15, 0.2) is 0 Å². The monoisotopic (exact) mass is 350 g/mol. The van der Waals surface area contributed by atoms with Crippen LogP contribution in [0.25, 0.3) is 0 Å². The molecule has 1 aromatic carbocycles. The number of hydrogen-bond acceptors (Lipinski definition) is 4. The van der Waals surface area contributed by atoms with Gasteiger partial charge in [0.2, 0.25) is 5.91 Å². The summed E-state index contributed by atoms with van der Waals surface area (Å²) in [4.78, 5) is 23.6. The third-order valence-electron chi connectivity index (χ3n) is 5.39. The van der Waals surface area contributed by atoms with Crippen molar-refractivity contribution in [1.29, 1.82) is 0 Å². The number of benzene rings is 1. The molecule has 0 bridgehead atoms. The fourth-order valence-corrected chi connectivity index (χ4v) is 3.94. The Balaban J connectivity index is 1.26. The summed E-state index contributed by atoms with van der Waals surface area (Å²) in [7, 11) is 0. The van der Waals surface area contributed by atoms with Crippen molar-refractivity contribution in [3.05, 3.63) is 54.2 Å². The van der Waals surface area contributed by atoms with Crippen molar-refractivity contribution in [3.63, 3.8) is 0 Å². The highest BCUT2D eigenvalue weighted by Crippen LogP contribution is 2.27. The second-order valence-corrected chi connectivity index (χ2v) is 7.04. The van der Waals surface area contributed by atoms with Crippen molar-refractivity contribution < 1.29 is 4.79 Å². The van der Waals surface area contributed by atoms with E-state index in [-0.39, 0.29) is 5.91 Å². The molecular weight excluding hydrogens is 324 g/mol. The molecule has 0 radical (unpaired) electrons. The first-order valence-electron chi connectivity index (χ1n) is 9.58. The Morgan fingerprint density at radius 2 is 1.69 bits per heavy atom. The third-order valence-corrected chi connectivity index (χ3v) is 5.39. The quantitative estimate of drug-likeness (QED) is 0.831. The van der Waals surface area contributed by atoms with E-state index in [0.29, 0.717) is 6.42 Å². The van der Waals surface area contributed by atoms with Gasteiger partial charge in [0.05, 0.1) is 0 Å². The van der Waals surface area contributed by atoms with E-state index in [1.807, 2.05) is 29.3 Å². The number of amides is 1. The number of para-hydroxylation sites is 1. The Kier molecular flexibility index (Phi) is 5.16. The van der Waals surface area contributed by atoms with Crippen molar-refractivity contribution >= 4 is 17.4 Å². The van der Waals surface area contributed by atoms with E-state index >= 15 is 0 Å². The second kappa shape index (κ2) is 7.87. The average molecular weight is 350 g/mol. The molecule has 1 amide bonds. The van der Waals surface area contributed by atoms with Crippen LogP contribution in [-0.4, -0.2) is 55.1 Å². The van der Waals surface area contributed by atoms with Crippen LogP contribution in [0.1, 0.15) is 18.4 Å². The lowest BCUT2D eigenvalue weighted by atomic mass is 10.0. The predicted molar refractivity (Wildman–Crippen MR) is 105 cm³/mol. The van der Waals surface area contributed by atoms with Crippen LogP contribution in [0.2, 0.25) is 0 Å². The molecule has 5 nitrogen and oxygen atoms in total. The van der Waals surface area contributed by atoms with Crippen LogP contribution in [0.3, 0.4) is 0 Å². The molecule has 5 heteroatoms. The van der Waals surface area contributed by atoms with E-state index < -0.39 is 0 Å². The molecule has 0 unspecified atom stereocenters. The number of nitrogens with zero attached hydrogens (tertiary/aromatic N) is 4. The van der Waals surface area contributed by atoms with Gasteiger partial charge in [-0.25, -0.2) is 4.98 Å². The summed E-state index contributed by atoms with van der Waals surface area (Å²) >= 11 is 0. The third kappa shape index (κ3) is 3.73. The van der Waals surface area contributed by atoms with Crippen LogP contribution >= 0.6 is 0 Å². The molecule has 0 aliphatic carbocycles. The standard InChI is InChI=1S/C21H26N4O/c26-21-10-9-18-6-1-2-7-19(18)25(21)13-5-12-23-14-16-24(17-15-23)20-8-3-4-11-22-20/h1-4,6-8,11H,5,9-10,12-17H2. The highest BCUT2D eigenvalue weighted by molar-refractivity contribution is 5.96. The van der Waals surface area contributed by atoms with Crippen LogP contribution in [0.4, 0.5) is 11.5 Å². The van der Waals surface area contributed by atoms with Crippen LogP contribution in [0, 0.1) is 0 Å². The Hall–Kier alpha value is -2.40. The predicted octanol–water partition coefficient (Wildman–Crippen LogP) is 2.57. The van der Waals surface area contributed by atoms with Gasteiger partial charge in [-0.1, -0.05) is 24.3 Å². The summed E-state index contributed by atoms with van der Waals surface area (Å²) in [6.45, 7) is 6.01. The Labute approximate surface area is 155 Å². The molecule has 2 aliphatic heterocycles. The number of aryl methyl sites for hydroxylation is 1. The van der Waals surface area contributed by atoms with Gasteiger partial charge < -0.3 is 9.80 Å². The number of carbonyl (C=O) groups is 1. The number of piperazine rings is 1. The maximum absolute atomic E-state index is 12.3. The zero-order valence-corrected chi connectivity index (χ0v) is 15.2. The minimum absolute atomic E-state index is 0.267. The molecule has 1 fully saturated rings. The lowest BCUT2D eigenvalue weighted by Crippen LogP contribution is -2.47. The van der Waals surface area contributed by atoms with Crippen LogP contribution in [0.5, 0.6) is 0 Å². The molecule has 0 N–H and O–H groups in total. The number of aromatic nitrogens is 1. The number of pyridine rings is 1. The van der Waals surface area contributed by atoms with Gasteiger partial charge in [0.1, 0.15) is 5.82 Å². The molecule has 0 spiro atoms. The normalized spacial score (nSPS) is 18.1. The molecule has 4 rings (SSSR count). The number of anilines is 2. The molecular formula is C21H26N4O. The highest BCUT2D eigenvalue weighted by atomic mass is 16.2. The maximum atomic E-state index is 12.3. The lowest BCUT2D eigenvalue weighted by Gasteiger charge is -2.36. The van der Waals surface area contributed by atoms with Gasteiger partial charge >= 0.3 is 0 Å². The fourth-order valence-electron chi connectivity index (χ4n) is 3.94. The molecule has 2 aromatic rings. The number of fused-ring (bicyclic) bond motifs is 1. The van der Waals surface area contributed by atoms with Crippen molar-refractivity contribution in [1.82, 2.24) is 9.88 Å². The van der Waals surface area contributed by atoms with Crippen molar-refractivity contribution in [2.75, 3.05) is 49.1 Å². The molecule has 136 valence electrons. The van der Waals surface area contributed by atoms with Crippen LogP contribution < -0.4 is 9.80 Å². The first kappa shape index (κ1) is 17.0. The van der Waals surface area contributed by atoms with Gasteiger partial charge in [-0.3, -0.25) is 9.69 Å². The second-order valence-electron chi connectivity index (χ2n) is 7.04.